The van der Waals surface area contributed by atoms with Crippen LogP contribution in [0.1, 0.15) is 11.1 Å². The highest BCUT2D eigenvalue weighted by Gasteiger charge is 2.04. The van der Waals surface area contributed by atoms with Gasteiger partial charge < -0.3 is 5.43 Å². The molecule has 0 fully saturated rings. The highest BCUT2D eigenvalue weighted by Crippen LogP contribution is 2.29. The number of anilines is 2. The monoisotopic (exact) mass is 280 g/mol. The summed E-state index contributed by atoms with van der Waals surface area (Å²) in [6, 6.07) is 11.6. The smallest absolute Gasteiger partial charge is 0.0912 e. The number of hydrogen-bond donors (Lipinski definition) is 2. The molecule has 0 bridgehead atoms. The van der Waals surface area contributed by atoms with Gasteiger partial charge in [-0.15, -0.1) is 0 Å². The van der Waals surface area contributed by atoms with Crippen LogP contribution in [0.4, 0.5) is 11.4 Å². The average Bonchev–Trinajstić information content (AvgIpc) is 2.27. The minimum Gasteiger partial charge on any atom is -0.301 e. The fourth-order valence-corrected chi connectivity index (χ4v) is 2.29. The Morgan fingerprint density at radius 3 is 1.94 bits per heavy atom. The van der Waals surface area contributed by atoms with Crippen LogP contribution < -0.4 is 10.9 Å². The second-order valence-electron chi connectivity index (χ2n) is 4.22. The molecule has 0 aliphatic rings. The number of para-hydroxylation sites is 1. The van der Waals surface area contributed by atoms with Gasteiger partial charge in [0.15, 0.2) is 0 Å². The Hall–Kier alpha value is -1.38. The minimum atomic E-state index is 0.583. The lowest BCUT2D eigenvalue weighted by atomic mass is 10.1. The van der Waals surface area contributed by atoms with E-state index in [1.165, 1.54) is 11.1 Å². The number of aryl methyl sites for hydroxylation is 2. The SMILES string of the molecule is Cc1cc(C)cc(NNc2c(Cl)cccc2Cl)c1. The van der Waals surface area contributed by atoms with Crippen molar-refractivity contribution in [3.63, 3.8) is 0 Å². The van der Waals surface area contributed by atoms with E-state index in [0.29, 0.717) is 15.7 Å². The number of rotatable bonds is 3. The van der Waals surface area contributed by atoms with Gasteiger partial charge in [-0.1, -0.05) is 35.3 Å². The van der Waals surface area contributed by atoms with E-state index in [1.54, 1.807) is 12.1 Å². The maximum Gasteiger partial charge on any atom is 0.0912 e. The summed E-state index contributed by atoms with van der Waals surface area (Å²) in [4.78, 5) is 0. The van der Waals surface area contributed by atoms with Crippen LogP contribution in [0.25, 0.3) is 0 Å². The first-order valence-corrected chi connectivity index (χ1v) is 6.36. The first-order valence-electron chi connectivity index (χ1n) is 5.60. The lowest BCUT2D eigenvalue weighted by Gasteiger charge is -2.13. The van der Waals surface area contributed by atoms with Crippen LogP contribution in [0.2, 0.25) is 10.0 Å². The summed E-state index contributed by atoms with van der Waals surface area (Å²) in [5.74, 6) is 0. The Morgan fingerprint density at radius 1 is 0.833 bits per heavy atom. The van der Waals surface area contributed by atoms with Crippen molar-refractivity contribution in [1.82, 2.24) is 0 Å². The molecular formula is C14H14Cl2N2. The van der Waals surface area contributed by atoms with Crippen molar-refractivity contribution in [1.29, 1.82) is 0 Å². The predicted octanol–water partition coefficient (Wildman–Crippen LogP) is 5.05. The third-order valence-electron chi connectivity index (χ3n) is 2.52. The molecule has 0 heterocycles. The summed E-state index contributed by atoms with van der Waals surface area (Å²) < 4.78 is 0. The molecule has 2 rings (SSSR count). The van der Waals surface area contributed by atoms with Crippen LogP contribution in [0.15, 0.2) is 36.4 Å². The van der Waals surface area contributed by atoms with Crippen LogP contribution in [0.3, 0.4) is 0 Å². The van der Waals surface area contributed by atoms with Gasteiger partial charge in [-0.05, 0) is 49.2 Å². The van der Waals surface area contributed by atoms with Crippen molar-refractivity contribution >= 4 is 34.6 Å². The van der Waals surface area contributed by atoms with Crippen LogP contribution in [-0.2, 0) is 0 Å². The maximum absolute atomic E-state index is 6.07. The Kier molecular flexibility index (Phi) is 4.00. The molecule has 0 spiro atoms. The van der Waals surface area contributed by atoms with Crippen molar-refractivity contribution in [2.45, 2.75) is 13.8 Å². The molecule has 0 aliphatic heterocycles. The number of benzene rings is 2. The molecule has 2 aromatic carbocycles. The topological polar surface area (TPSA) is 24.1 Å². The second-order valence-corrected chi connectivity index (χ2v) is 5.04. The van der Waals surface area contributed by atoms with E-state index in [4.69, 9.17) is 23.2 Å². The number of hydrogen-bond acceptors (Lipinski definition) is 2. The molecule has 0 atom stereocenters. The second kappa shape index (κ2) is 5.51. The molecule has 4 heteroatoms. The van der Waals surface area contributed by atoms with E-state index in [-0.39, 0.29) is 0 Å². The maximum atomic E-state index is 6.07. The molecule has 0 amide bonds. The van der Waals surface area contributed by atoms with E-state index in [1.807, 2.05) is 18.2 Å². The quantitative estimate of drug-likeness (QED) is 0.769. The first-order chi connectivity index (χ1) is 8.56. The van der Waals surface area contributed by atoms with E-state index >= 15 is 0 Å². The fourth-order valence-electron chi connectivity index (χ4n) is 1.80. The minimum absolute atomic E-state index is 0.583. The summed E-state index contributed by atoms with van der Waals surface area (Å²) >= 11 is 12.1. The zero-order valence-electron chi connectivity index (χ0n) is 10.2. The zero-order chi connectivity index (χ0) is 13.1. The summed E-state index contributed by atoms with van der Waals surface area (Å²) in [5.41, 5.74) is 10.2. The standard InChI is InChI=1S/C14H14Cl2N2/c1-9-6-10(2)8-11(7-9)17-18-14-12(15)4-3-5-13(14)16/h3-8,17-18H,1-2H3. The van der Waals surface area contributed by atoms with Gasteiger partial charge in [-0.3, -0.25) is 5.43 Å². The van der Waals surface area contributed by atoms with Crippen molar-refractivity contribution in [2.75, 3.05) is 10.9 Å². The molecule has 0 saturated carbocycles. The van der Waals surface area contributed by atoms with E-state index < -0.39 is 0 Å². The molecular weight excluding hydrogens is 267 g/mol. The number of hydrazine groups is 1. The van der Waals surface area contributed by atoms with Crippen molar-refractivity contribution in [2.24, 2.45) is 0 Å². The summed E-state index contributed by atoms with van der Waals surface area (Å²) in [6.45, 7) is 4.11. The Labute approximate surface area is 117 Å². The van der Waals surface area contributed by atoms with Crippen LogP contribution in [-0.4, -0.2) is 0 Å². The first kappa shape index (κ1) is 13.1. The molecule has 94 valence electrons. The summed E-state index contributed by atoms with van der Waals surface area (Å²) in [7, 11) is 0. The van der Waals surface area contributed by atoms with Crippen LogP contribution in [0.5, 0.6) is 0 Å². The summed E-state index contributed by atoms with van der Waals surface area (Å²) in [6.07, 6.45) is 0. The summed E-state index contributed by atoms with van der Waals surface area (Å²) in [5, 5.41) is 1.17. The highest BCUT2D eigenvalue weighted by atomic mass is 35.5. The van der Waals surface area contributed by atoms with E-state index in [0.717, 1.165) is 5.69 Å². The highest BCUT2D eigenvalue weighted by molar-refractivity contribution is 6.39. The number of nitrogens with one attached hydrogen (secondary N) is 2. The van der Waals surface area contributed by atoms with E-state index in [9.17, 15) is 0 Å². The molecule has 18 heavy (non-hydrogen) atoms. The molecule has 2 aromatic rings. The van der Waals surface area contributed by atoms with Gasteiger partial charge in [-0.25, -0.2) is 0 Å². The van der Waals surface area contributed by atoms with Crippen LogP contribution in [0, 0.1) is 13.8 Å². The van der Waals surface area contributed by atoms with Gasteiger partial charge in [-0.2, -0.15) is 0 Å². The van der Waals surface area contributed by atoms with Gasteiger partial charge in [0.2, 0.25) is 0 Å². The molecule has 0 saturated heterocycles. The lowest BCUT2D eigenvalue weighted by molar-refractivity contribution is 1.34. The zero-order valence-corrected chi connectivity index (χ0v) is 11.7. The largest absolute Gasteiger partial charge is 0.301 e. The average molecular weight is 281 g/mol. The van der Waals surface area contributed by atoms with Crippen molar-refractivity contribution < 1.29 is 0 Å². The molecule has 0 aliphatic carbocycles. The Balaban J connectivity index is 2.16. The van der Waals surface area contributed by atoms with Gasteiger partial charge >= 0.3 is 0 Å². The van der Waals surface area contributed by atoms with Crippen LogP contribution >= 0.6 is 23.2 Å². The van der Waals surface area contributed by atoms with Gasteiger partial charge in [0, 0.05) is 0 Å². The normalized spacial score (nSPS) is 10.2. The van der Waals surface area contributed by atoms with Crippen molar-refractivity contribution in [3.05, 3.63) is 57.6 Å². The molecule has 0 radical (unpaired) electrons. The van der Waals surface area contributed by atoms with Crippen molar-refractivity contribution in [3.8, 4) is 0 Å². The van der Waals surface area contributed by atoms with E-state index in [2.05, 4.69) is 30.8 Å². The predicted molar refractivity (Wildman–Crippen MR) is 79.6 cm³/mol. The molecule has 2 nitrogen and oxygen atoms in total. The third-order valence-corrected chi connectivity index (χ3v) is 3.15. The number of halogens is 2. The van der Waals surface area contributed by atoms with Gasteiger partial charge in [0.1, 0.15) is 0 Å². The van der Waals surface area contributed by atoms with Gasteiger partial charge in [0.05, 0.1) is 21.4 Å². The molecule has 0 aromatic heterocycles. The Bertz CT molecular complexity index is 527. The van der Waals surface area contributed by atoms with Gasteiger partial charge in [0.25, 0.3) is 0 Å². The fraction of sp³-hybridized carbons (Fsp3) is 0.143. The Morgan fingerprint density at radius 2 is 1.39 bits per heavy atom. The molecule has 2 N–H and O–H groups in total. The lowest BCUT2D eigenvalue weighted by Crippen LogP contribution is -2.09. The molecule has 0 unspecified atom stereocenters. The third kappa shape index (κ3) is 3.09.